The molecule has 1 atom stereocenters. The fraction of sp³-hybridized carbons (Fsp3) is 0.750. The molecule has 1 aliphatic rings. The van der Waals surface area contributed by atoms with E-state index in [1.165, 1.54) is 36.4 Å². The number of piperidine rings is 1. The van der Waals surface area contributed by atoms with Gasteiger partial charge in [0.15, 0.2) is 0 Å². The van der Waals surface area contributed by atoms with E-state index < -0.39 is 0 Å². The van der Waals surface area contributed by atoms with Crippen molar-refractivity contribution in [2.75, 3.05) is 19.6 Å². The quantitative estimate of drug-likeness (QED) is 0.834. The first kappa shape index (κ1) is 15.0. The minimum Gasteiger partial charge on any atom is -0.316 e. The number of nitrogens with one attached hydrogen (secondary N) is 2. The van der Waals surface area contributed by atoms with E-state index in [9.17, 15) is 0 Å². The maximum atomic E-state index is 3.68. The van der Waals surface area contributed by atoms with Gasteiger partial charge in [-0.25, -0.2) is 0 Å². The Kier molecular flexibility index (Phi) is 5.43. The van der Waals surface area contributed by atoms with Crippen LogP contribution in [0.2, 0.25) is 0 Å². The van der Waals surface area contributed by atoms with Crippen LogP contribution in [0.5, 0.6) is 0 Å². The third kappa shape index (κ3) is 4.04. The Hall–Kier alpha value is -0.380. The molecule has 2 rings (SSSR count). The molecule has 0 radical (unpaired) electrons. The summed E-state index contributed by atoms with van der Waals surface area (Å²) in [7, 11) is 0. The summed E-state index contributed by atoms with van der Waals surface area (Å²) in [6.45, 7) is 11.6. The van der Waals surface area contributed by atoms with Gasteiger partial charge in [0.1, 0.15) is 0 Å². The minimum absolute atomic E-state index is 0.386. The number of thiophene rings is 1. The van der Waals surface area contributed by atoms with Crippen molar-refractivity contribution in [1.29, 1.82) is 0 Å². The van der Waals surface area contributed by atoms with Crippen LogP contribution in [-0.2, 0) is 13.0 Å². The average Bonchev–Trinajstić information content (AvgIpc) is 2.87. The summed E-state index contributed by atoms with van der Waals surface area (Å²) in [4.78, 5) is 1.51. The average molecular weight is 280 g/mol. The molecule has 0 amide bonds. The summed E-state index contributed by atoms with van der Waals surface area (Å²) < 4.78 is 0. The molecule has 2 heterocycles. The van der Waals surface area contributed by atoms with Crippen molar-refractivity contribution in [3.05, 3.63) is 21.9 Å². The summed E-state index contributed by atoms with van der Waals surface area (Å²) in [5.41, 5.74) is 1.89. The predicted molar refractivity (Wildman–Crippen MR) is 84.8 cm³/mol. The first-order chi connectivity index (χ1) is 9.13. The molecule has 0 bridgehead atoms. The molecule has 108 valence electrons. The van der Waals surface area contributed by atoms with Crippen LogP contribution in [0.15, 0.2) is 11.4 Å². The van der Waals surface area contributed by atoms with Crippen LogP contribution in [0.1, 0.15) is 44.1 Å². The van der Waals surface area contributed by atoms with Gasteiger partial charge in [0.25, 0.3) is 0 Å². The SMILES string of the molecule is CCc1ccsc1CNCC(C)(C)C1CCCNC1. The second kappa shape index (κ2) is 6.87. The Morgan fingerprint density at radius 1 is 1.47 bits per heavy atom. The molecule has 2 N–H and O–H groups in total. The Labute approximate surface area is 122 Å². The van der Waals surface area contributed by atoms with E-state index in [0.29, 0.717) is 5.41 Å². The molecule has 0 saturated carbocycles. The normalized spacial score (nSPS) is 20.7. The molecule has 19 heavy (non-hydrogen) atoms. The van der Waals surface area contributed by atoms with Gasteiger partial charge < -0.3 is 10.6 Å². The van der Waals surface area contributed by atoms with E-state index in [4.69, 9.17) is 0 Å². The number of rotatable bonds is 6. The van der Waals surface area contributed by atoms with Crippen LogP contribution in [0.25, 0.3) is 0 Å². The number of aryl methyl sites for hydroxylation is 1. The van der Waals surface area contributed by atoms with Gasteiger partial charge in [-0.15, -0.1) is 11.3 Å². The molecule has 1 saturated heterocycles. The van der Waals surface area contributed by atoms with Gasteiger partial charge in [0, 0.05) is 18.0 Å². The van der Waals surface area contributed by atoms with Crippen molar-refractivity contribution >= 4 is 11.3 Å². The fourth-order valence-corrected chi connectivity index (χ4v) is 3.94. The highest BCUT2D eigenvalue weighted by Gasteiger charge is 2.30. The van der Waals surface area contributed by atoms with Crippen LogP contribution >= 0.6 is 11.3 Å². The van der Waals surface area contributed by atoms with Crippen molar-refractivity contribution in [2.45, 2.75) is 46.6 Å². The largest absolute Gasteiger partial charge is 0.316 e. The van der Waals surface area contributed by atoms with Gasteiger partial charge in [0.2, 0.25) is 0 Å². The highest BCUT2D eigenvalue weighted by molar-refractivity contribution is 7.10. The highest BCUT2D eigenvalue weighted by atomic mass is 32.1. The van der Waals surface area contributed by atoms with Crippen molar-refractivity contribution in [3.63, 3.8) is 0 Å². The van der Waals surface area contributed by atoms with E-state index in [2.05, 4.69) is 42.9 Å². The standard InChI is InChI=1S/C16H28N2S/c1-4-13-7-9-19-15(13)11-18-12-16(2,3)14-6-5-8-17-10-14/h7,9,14,17-18H,4-6,8,10-12H2,1-3H3. The third-order valence-corrected chi connectivity index (χ3v) is 5.45. The van der Waals surface area contributed by atoms with Crippen molar-refractivity contribution < 1.29 is 0 Å². The van der Waals surface area contributed by atoms with Gasteiger partial charge in [-0.2, -0.15) is 0 Å². The molecule has 0 aromatic carbocycles. The predicted octanol–water partition coefficient (Wildman–Crippen LogP) is 3.43. The molecule has 1 unspecified atom stereocenters. The van der Waals surface area contributed by atoms with E-state index in [-0.39, 0.29) is 0 Å². The summed E-state index contributed by atoms with van der Waals surface area (Å²) in [6.07, 6.45) is 3.86. The molecule has 0 spiro atoms. The number of hydrogen-bond donors (Lipinski definition) is 2. The zero-order chi connectivity index (χ0) is 13.7. The zero-order valence-corrected chi connectivity index (χ0v) is 13.4. The topological polar surface area (TPSA) is 24.1 Å². The minimum atomic E-state index is 0.386. The van der Waals surface area contributed by atoms with Crippen molar-refractivity contribution in [1.82, 2.24) is 10.6 Å². The van der Waals surface area contributed by atoms with E-state index in [1.54, 1.807) is 0 Å². The molecule has 3 heteroatoms. The lowest BCUT2D eigenvalue weighted by molar-refractivity contribution is 0.166. The van der Waals surface area contributed by atoms with Crippen LogP contribution in [0.4, 0.5) is 0 Å². The van der Waals surface area contributed by atoms with E-state index in [0.717, 1.165) is 25.4 Å². The molecule has 1 aromatic heterocycles. The highest BCUT2D eigenvalue weighted by Crippen LogP contribution is 2.31. The smallest absolute Gasteiger partial charge is 0.0302 e. The van der Waals surface area contributed by atoms with Crippen molar-refractivity contribution in [3.8, 4) is 0 Å². The Bertz CT molecular complexity index is 378. The summed E-state index contributed by atoms with van der Waals surface area (Å²) >= 11 is 1.89. The molecule has 2 nitrogen and oxygen atoms in total. The maximum absolute atomic E-state index is 3.68. The lowest BCUT2D eigenvalue weighted by atomic mass is 9.75. The molecule has 1 aliphatic heterocycles. The van der Waals surface area contributed by atoms with E-state index in [1.807, 2.05) is 11.3 Å². The van der Waals surface area contributed by atoms with E-state index >= 15 is 0 Å². The molecule has 0 aliphatic carbocycles. The van der Waals surface area contributed by atoms with Crippen LogP contribution in [-0.4, -0.2) is 19.6 Å². The first-order valence-corrected chi connectivity index (χ1v) is 8.48. The van der Waals surface area contributed by atoms with Gasteiger partial charge in [-0.3, -0.25) is 0 Å². The summed E-state index contributed by atoms with van der Waals surface area (Å²) in [6, 6.07) is 2.26. The monoisotopic (exact) mass is 280 g/mol. The number of hydrogen-bond acceptors (Lipinski definition) is 3. The Balaban J connectivity index is 1.80. The zero-order valence-electron chi connectivity index (χ0n) is 12.6. The van der Waals surface area contributed by atoms with Crippen LogP contribution < -0.4 is 10.6 Å². The molecule has 1 fully saturated rings. The second-order valence-corrected chi connectivity index (χ2v) is 7.36. The van der Waals surface area contributed by atoms with Crippen LogP contribution in [0.3, 0.4) is 0 Å². The van der Waals surface area contributed by atoms with Crippen molar-refractivity contribution in [2.24, 2.45) is 11.3 Å². The maximum Gasteiger partial charge on any atom is 0.0302 e. The Morgan fingerprint density at radius 2 is 2.32 bits per heavy atom. The Morgan fingerprint density at radius 3 is 3.00 bits per heavy atom. The third-order valence-electron chi connectivity index (χ3n) is 4.49. The summed E-state index contributed by atoms with van der Waals surface area (Å²) in [5.74, 6) is 0.808. The van der Waals surface area contributed by atoms with Gasteiger partial charge >= 0.3 is 0 Å². The van der Waals surface area contributed by atoms with Gasteiger partial charge in [0.05, 0.1) is 0 Å². The summed E-state index contributed by atoms with van der Waals surface area (Å²) in [5, 5.41) is 9.43. The fourth-order valence-electron chi connectivity index (χ4n) is 3.00. The van der Waals surface area contributed by atoms with Gasteiger partial charge in [-0.1, -0.05) is 20.8 Å². The molecular formula is C16H28N2S. The van der Waals surface area contributed by atoms with Gasteiger partial charge in [-0.05, 0) is 60.7 Å². The first-order valence-electron chi connectivity index (χ1n) is 7.60. The lowest BCUT2D eigenvalue weighted by Crippen LogP contribution is -2.43. The molecular weight excluding hydrogens is 252 g/mol. The van der Waals surface area contributed by atoms with Crippen LogP contribution in [0, 0.1) is 11.3 Å². The lowest BCUT2D eigenvalue weighted by Gasteiger charge is -2.37. The molecule has 1 aromatic rings. The second-order valence-electron chi connectivity index (χ2n) is 6.36.